The number of hydrogen-bond acceptors (Lipinski definition) is 3. The van der Waals surface area contributed by atoms with E-state index in [1.54, 1.807) is 18.2 Å². The van der Waals surface area contributed by atoms with Gasteiger partial charge in [-0.3, -0.25) is 10.1 Å². The van der Waals surface area contributed by atoms with E-state index in [9.17, 15) is 10.1 Å². The minimum absolute atomic E-state index is 0.0443. The normalized spacial score (nSPS) is 26.9. The minimum atomic E-state index is -0.272. The molecule has 1 heterocycles. The SMILES string of the molecule is CC(=O)C1CC(C#N)C(c2ccc(Cl)cc2Cl)N1. The first kappa shape index (κ1) is 13.4. The van der Waals surface area contributed by atoms with Gasteiger partial charge in [0.05, 0.1) is 24.1 Å². The van der Waals surface area contributed by atoms with E-state index >= 15 is 0 Å². The molecule has 0 bridgehead atoms. The molecule has 3 unspecified atom stereocenters. The zero-order valence-electron chi connectivity index (χ0n) is 9.78. The first-order valence-corrected chi connectivity index (χ1v) is 6.39. The van der Waals surface area contributed by atoms with Crippen molar-refractivity contribution in [2.75, 3.05) is 0 Å². The monoisotopic (exact) mass is 282 g/mol. The summed E-state index contributed by atoms with van der Waals surface area (Å²) in [5, 5.41) is 13.4. The lowest BCUT2D eigenvalue weighted by Crippen LogP contribution is -2.30. The highest BCUT2D eigenvalue weighted by Gasteiger charge is 2.37. The summed E-state index contributed by atoms with van der Waals surface area (Å²) in [6.45, 7) is 1.53. The zero-order valence-corrected chi connectivity index (χ0v) is 11.3. The number of nitriles is 1. The van der Waals surface area contributed by atoms with Gasteiger partial charge in [0, 0.05) is 10.0 Å². The Morgan fingerprint density at radius 3 is 2.78 bits per heavy atom. The average Bonchev–Trinajstić information content (AvgIpc) is 2.73. The molecule has 1 aromatic rings. The third-order valence-corrected chi connectivity index (χ3v) is 3.79. The minimum Gasteiger partial charge on any atom is -0.299 e. The Kier molecular flexibility index (Phi) is 3.91. The fourth-order valence-corrected chi connectivity index (χ4v) is 2.79. The summed E-state index contributed by atoms with van der Waals surface area (Å²) >= 11 is 12.0. The molecule has 0 spiro atoms. The van der Waals surface area contributed by atoms with Crippen LogP contribution in [0.1, 0.15) is 24.9 Å². The number of nitrogens with zero attached hydrogens (tertiary/aromatic N) is 1. The number of rotatable bonds is 2. The van der Waals surface area contributed by atoms with Crippen molar-refractivity contribution in [3.63, 3.8) is 0 Å². The quantitative estimate of drug-likeness (QED) is 0.907. The second-order valence-corrected chi connectivity index (χ2v) is 5.29. The Hall–Kier alpha value is -1.08. The molecule has 0 aliphatic carbocycles. The molecule has 3 nitrogen and oxygen atoms in total. The van der Waals surface area contributed by atoms with Crippen LogP contribution in [0.4, 0.5) is 0 Å². The van der Waals surface area contributed by atoms with Crippen molar-refractivity contribution in [3.8, 4) is 6.07 Å². The Balaban J connectivity index is 2.32. The van der Waals surface area contributed by atoms with Gasteiger partial charge in [-0.1, -0.05) is 29.3 Å². The highest BCUT2D eigenvalue weighted by molar-refractivity contribution is 6.35. The van der Waals surface area contributed by atoms with Crippen LogP contribution in [0.3, 0.4) is 0 Å². The Labute approximate surface area is 116 Å². The van der Waals surface area contributed by atoms with Gasteiger partial charge in [0.25, 0.3) is 0 Å². The van der Waals surface area contributed by atoms with Crippen LogP contribution in [0.15, 0.2) is 18.2 Å². The molecule has 2 rings (SSSR count). The van der Waals surface area contributed by atoms with Crippen LogP contribution in [0.5, 0.6) is 0 Å². The number of carbonyl (C=O) groups is 1. The average molecular weight is 283 g/mol. The van der Waals surface area contributed by atoms with Crippen LogP contribution in [-0.2, 0) is 4.79 Å². The molecule has 0 radical (unpaired) electrons. The summed E-state index contributed by atoms with van der Waals surface area (Å²) in [5.74, 6) is -0.208. The van der Waals surface area contributed by atoms with Gasteiger partial charge < -0.3 is 0 Å². The van der Waals surface area contributed by atoms with Gasteiger partial charge in [0.1, 0.15) is 5.78 Å². The van der Waals surface area contributed by atoms with Crippen molar-refractivity contribution >= 4 is 29.0 Å². The van der Waals surface area contributed by atoms with Crippen LogP contribution >= 0.6 is 23.2 Å². The van der Waals surface area contributed by atoms with Crippen LogP contribution < -0.4 is 5.32 Å². The predicted octanol–water partition coefficient (Wildman–Crippen LogP) is 3.13. The summed E-state index contributed by atoms with van der Waals surface area (Å²) in [5.41, 5.74) is 0.816. The molecule has 0 amide bonds. The molecule has 3 atom stereocenters. The molecule has 0 saturated carbocycles. The molecule has 1 aliphatic rings. The van der Waals surface area contributed by atoms with E-state index in [0.29, 0.717) is 16.5 Å². The summed E-state index contributed by atoms with van der Waals surface area (Å²) in [6, 6.07) is 6.93. The van der Waals surface area contributed by atoms with E-state index in [4.69, 9.17) is 23.2 Å². The van der Waals surface area contributed by atoms with E-state index < -0.39 is 0 Å². The van der Waals surface area contributed by atoms with Crippen molar-refractivity contribution in [2.45, 2.75) is 25.4 Å². The van der Waals surface area contributed by atoms with Gasteiger partial charge in [-0.05, 0) is 31.0 Å². The molecule has 1 fully saturated rings. The first-order valence-electron chi connectivity index (χ1n) is 5.64. The molecule has 94 valence electrons. The lowest BCUT2D eigenvalue weighted by atomic mass is 9.94. The Morgan fingerprint density at radius 2 is 2.22 bits per heavy atom. The number of hydrogen-bond donors (Lipinski definition) is 1. The summed E-state index contributed by atoms with van der Waals surface area (Å²) in [6.07, 6.45) is 0.523. The maximum atomic E-state index is 11.4. The second kappa shape index (κ2) is 5.27. The largest absolute Gasteiger partial charge is 0.299 e. The third kappa shape index (κ3) is 2.51. The molecule has 1 aliphatic heterocycles. The van der Waals surface area contributed by atoms with Gasteiger partial charge in [-0.2, -0.15) is 5.26 Å². The lowest BCUT2D eigenvalue weighted by Gasteiger charge is -2.16. The van der Waals surface area contributed by atoms with Crippen LogP contribution in [-0.4, -0.2) is 11.8 Å². The van der Waals surface area contributed by atoms with Gasteiger partial charge in [-0.15, -0.1) is 0 Å². The topological polar surface area (TPSA) is 52.9 Å². The number of Topliss-reactive ketones (excluding diaryl/α,β-unsaturated/α-hetero) is 1. The smallest absolute Gasteiger partial charge is 0.146 e. The van der Waals surface area contributed by atoms with Gasteiger partial charge >= 0.3 is 0 Å². The number of halogens is 2. The highest BCUT2D eigenvalue weighted by Crippen LogP contribution is 2.36. The molecule has 18 heavy (non-hydrogen) atoms. The molecule has 1 saturated heterocycles. The van der Waals surface area contributed by atoms with Crippen LogP contribution in [0.25, 0.3) is 0 Å². The van der Waals surface area contributed by atoms with Crippen LogP contribution in [0, 0.1) is 17.2 Å². The second-order valence-electron chi connectivity index (χ2n) is 4.44. The van der Waals surface area contributed by atoms with E-state index in [1.165, 1.54) is 6.92 Å². The molecule has 5 heteroatoms. The Bertz CT molecular complexity index is 524. The van der Waals surface area contributed by atoms with E-state index in [2.05, 4.69) is 11.4 Å². The Morgan fingerprint density at radius 1 is 1.50 bits per heavy atom. The van der Waals surface area contributed by atoms with Crippen molar-refractivity contribution in [1.82, 2.24) is 5.32 Å². The summed E-state index contributed by atoms with van der Waals surface area (Å²) < 4.78 is 0. The standard InChI is InChI=1S/C13H12Cl2N2O/c1-7(18)12-4-8(6-16)13(17-12)10-3-2-9(14)5-11(10)15/h2-3,5,8,12-13,17H,4H2,1H3. The van der Waals surface area contributed by atoms with Crippen molar-refractivity contribution in [1.29, 1.82) is 5.26 Å². The van der Waals surface area contributed by atoms with Crippen LogP contribution in [0.2, 0.25) is 10.0 Å². The fourth-order valence-electron chi connectivity index (χ4n) is 2.26. The highest BCUT2D eigenvalue weighted by atomic mass is 35.5. The van der Waals surface area contributed by atoms with E-state index in [1.807, 2.05) is 0 Å². The molecular formula is C13H12Cl2N2O. The van der Waals surface area contributed by atoms with Gasteiger partial charge in [-0.25, -0.2) is 0 Å². The number of ketones is 1. The third-order valence-electron chi connectivity index (χ3n) is 3.23. The molecule has 1 aromatic carbocycles. The number of benzene rings is 1. The molecular weight excluding hydrogens is 271 g/mol. The molecule has 0 aromatic heterocycles. The molecule has 1 N–H and O–H groups in total. The summed E-state index contributed by atoms with van der Waals surface area (Å²) in [4.78, 5) is 11.4. The van der Waals surface area contributed by atoms with E-state index in [0.717, 1.165) is 5.56 Å². The van der Waals surface area contributed by atoms with Gasteiger partial charge in [0.2, 0.25) is 0 Å². The van der Waals surface area contributed by atoms with Gasteiger partial charge in [0.15, 0.2) is 0 Å². The number of nitrogens with one attached hydrogen (secondary N) is 1. The van der Waals surface area contributed by atoms with Crippen molar-refractivity contribution in [2.24, 2.45) is 5.92 Å². The maximum absolute atomic E-state index is 11.4. The summed E-state index contributed by atoms with van der Waals surface area (Å²) in [7, 11) is 0. The van der Waals surface area contributed by atoms with Crippen molar-refractivity contribution in [3.05, 3.63) is 33.8 Å². The zero-order chi connectivity index (χ0) is 13.3. The predicted molar refractivity (Wildman–Crippen MR) is 70.5 cm³/mol. The lowest BCUT2D eigenvalue weighted by molar-refractivity contribution is -0.118. The maximum Gasteiger partial charge on any atom is 0.146 e. The van der Waals surface area contributed by atoms with Crippen molar-refractivity contribution < 1.29 is 4.79 Å². The number of carbonyl (C=O) groups excluding carboxylic acids is 1. The first-order chi connectivity index (χ1) is 8.52. The fraction of sp³-hybridized carbons (Fsp3) is 0.385. The van der Waals surface area contributed by atoms with E-state index in [-0.39, 0.29) is 23.8 Å².